The average Bonchev–Trinajstić information content (AvgIpc) is 3.11. The van der Waals surface area contributed by atoms with Crippen molar-refractivity contribution in [1.82, 2.24) is 19.5 Å². The first-order chi connectivity index (χ1) is 13.0. The number of pyridine rings is 1. The van der Waals surface area contributed by atoms with Gasteiger partial charge < -0.3 is 5.32 Å². The molecule has 0 saturated carbocycles. The van der Waals surface area contributed by atoms with Gasteiger partial charge in [0.25, 0.3) is 5.56 Å². The Bertz CT molecular complexity index is 1230. The first-order valence-corrected chi connectivity index (χ1v) is 9.50. The molecule has 8 heteroatoms. The fraction of sp³-hybridized carbons (Fsp3) is 0.158. The second-order valence-corrected chi connectivity index (χ2v) is 7.56. The summed E-state index contributed by atoms with van der Waals surface area (Å²) >= 11 is 8.12. The molecule has 3 aromatic heterocycles. The molecular formula is C19H16ClN5OS. The third kappa shape index (κ3) is 3.09. The van der Waals surface area contributed by atoms with Crippen molar-refractivity contribution in [3.63, 3.8) is 0 Å². The van der Waals surface area contributed by atoms with Gasteiger partial charge in [-0.2, -0.15) is 4.98 Å². The number of aromatic nitrogens is 4. The second-order valence-electron chi connectivity index (χ2n) is 6.09. The Balaban J connectivity index is 1.87. The van der Waals surface area contributed by atoms with E-state index in [2.05, 4.69) is 20.3 Å². The summed E-state index contributed by atoms with van der Waals surface area (Å²) in [5.41, 5.74) is 3.39. The fourth-order valence-electron chi connectivity index (χ4n) is 2.95. The monoisotopic (exact) mass is 397 g/mol. The summed E-state index contributed by atoms with van der Waals surface area (Å²) in [6, 6.07) is 7.41. The normalized spacial score (nSPS) is 11.1. The van der Waals surface area contributed by atoms with Crippen LogP contribution in [0.3, 0.4) is 0 Å². The molecule has 0 radical (unpaired) electrons. The highest BCUT2D eigenvalue weighted by atomic mass is 35.5. The van der Waals surface area contributed by atoms with E-state index in [1.807, 2.05) is 30.5 Å². The zero-order valence-electron chi connectivity index (χ0n) is 14.9. The Hall–Kier alpha value is -2.77. The van der Waals surface area contributed by atoms with E-state index in [4.69, 9.17) is 11.6 Å². The lowest BCUT2D eigenvalue weighted by Gasteiger charge is -2.11. The van der Waals surface area contributed by atoms with E-state index in [1.165, 1.54) is 4.57 Å². The van der Waals surface area contributed by atoms with E-state index in [0.29, 0.717) is 27.7 Å². The minimum atomic E-state index is -0.164. The van der Waals surface area contributed by atoms with E-state index in [1.54, 1.807) is 37.7 Å². The third-order valence-electron chi connectivity index (χ3n) is 4.35. The van der Waals surface area contributed by atoms with Gasteiger partial charge in [-0.05, 0) is 19.1 Å². The highest BCUT2D eigenvalue weighted by Gasteiger charge is 2.14. The Morgan fingerprint density at radius 3 is 2.67 bits per heavy atom. The van der Waals surface area contributed by atoms with Crippen molar-refractivity contribution in [3.8, 4) is 22.4 Å². The lowest BCUT2D eigenvalue weighted by atomic mass is 10.0. The zero-order chi connectivity index (χ0) is 19.1. The summed E-state index contributed by atoms with van der Waals surface area (Å²) in [7, 11) is 3.43. The summed E-state index contributed by atoms with van der Waals surface area (Å²) in [6.45, 7) is 1.96. The van der Waals surface area contributed by atoms with Crippen molar-refractivity contribution in [3.05, 3.63) is 56.2 Å². The van der Waals surface area contributed by atoms with Crippen molar-refractivity contribution in [2.45, 2.75) is 6.92 Å². The molecule has 4 aromatic rings. The molecule has 0 aliphatic heterocycles. The van der Waals surface area contributed by atoms with Crippen LogP contribution in [0.4, 0.5) is 5.95 Å². The predicted octanol–water partition coefficient (Wildman–Crippen LogP) is 4.12. The minimum absolute atomic E-state index is 0.164. The van der Waals surface area contributed by atoms with Gasteiger partial charge in [-0.25, -0.2) is 9.97 Å². The third-order valence-corrected chi connectivity index (χ3v) is 5.43. The number of halogens is 1. The van der Waals surface area contributed by atoms with Gasteiger partial charge in [-0.1, -0.05) is 23.7 Å². The lowest BCUT2D eigenvalue weighted by molar-refractivity contribution is 0.886. The van der Waals surface area contributed by atoms with Crippen LogP contribution in [-0.2, 0) is 7.05 Å². The first kappa shape index (κ1) is 17.6. The van der Waals surface area contributed by atoms with Gasteiger partial charge in [0.2, 0.25) is 5.95 Å². The summed E-state index contributed by atoms with van der Waals surface area (Å²) in [4.78, 5) is 26.0. The molecule has 136 valence electrons. The van der Waals surface area contributed by atoms with Crippen LogP contribution in [0.15, 0.2) is 40.6 Å². The van der Waals surface area contributed by atoms with Crippen molar-refractivity contribution in [1.29, 1.82) is 0 Å². The summed E-state index contributed by atoms with van der Waals surface area (Å²) in [5, 5.41) is 7.14. The highest BCUT2D eigenvalue weighted by Crippen LogP contribution is 2.32. The molecule has 0 fully saturated rings. The molecule has 4 rings (SSSR count). The largest absolute Gasteiger partial charge is 0.357 e. The molecule has 3 heterocycles. The Labute approximate surface area is 164 Å². The Morgan fingerprint density at radius 1 is 1.19 bits per heavy atom. The molecule has 6 nitrogen and oxygen atoms in total. The molecule has 27 heavy (non-hydrogen) atoms. The van der Waals surface area contributed by atoms with E-state index in [9.17, 15) is 4.79 Å². The van der Waals surface area contributed by atoms with Gasteiger partial charge in [0.1, 0.15) is 5.65 Å². The van der Waals surface area contributed by atoms with Crippen LogP contribution < -0.4 is 10.9 Å². The van der Waals surface area contributed by atoms with Crippen LogP contribution in [-0.4, -0.2) is 26.6 Å². The number of fused-ring (bicyclic) bond motifs is 1. The molecule has 0 aliphatic rings. The maximum atomic E-state index is 12.9. The first-order valence-electron chi connectivity index (χ1n) is 8.25. The maximum absolute atomic E-state index is 12.9. The number of nitrogens with one attached hydrogen (secondary N) is 1. The average molecular weight is 398 g/mol. The molecule has 0 bridgehead atoms. The van der Waals surface area contributed by atoms with Crippen LogP contribution >= 0.6 is 22.9 Å². The number of anilines is 1. The number of hydrogen-bond acceptors (Lipinski definition) is 6. The smallest absolute Gasteiger partial charge is 0.259 e. The van der Waals surface area contributed by atoms with E-state index < -0.39 is 0 Å². The predicted molar refractivity (Wildman–Crippen MR) is 111 cm³/mol. The van der Waals surface area contributed by atoms with Crippen LogP contribution in [0.2, 0.25) is 5.02 Å². The van der Waals surface area contributed by atoms with Crippen molar-refractivity contribution in [2.75, 3.05) is 12.4 Å². The molecule has 0 unspecified atom stereocenters. The number of thiazole rings is 1. The Kier molecular flexibility index (Phi) is 4.41. The van der Waals surface area contributed by atoms with Gasteiger partial charge in [-0.15, -0.1) is 11.3 Å². The van der Waals surface area contributed by atoms with Crippen molar-refractivity contribution >= 4 is 39.9 Å². The van der Waals surface area contributed by atoms with Gasteiger partial charge in [-0.3, -0.25) is 9.36 Å². The molecule has 0 spiro atoms. The zero-order valence-corrected chi connectivity index (χ0v) is 16.5. The topological polar surface area (TPSA) is 72.7 Å². The minimum Gasteiger partial charge on any atom is -0.357 e. The maximum Gasteiger partial charge on any atom is 0.259 e. The van der Waals surface area contributed by atoms with Crippen LogP contribution in [0.5, 0.6) is 0 Å². The lowest BCUT2D eigenvalue weighted by Crippen LogP contribution is -2.20. The van der Waals surface area contributed by atoms with Gasteiger partial charge in [0.05, 0.1) is 10.7 Å². The van der Waals surface area contributed by atoms with Gasteiger partial charge >= 0.3 is 0 Å². The van der Waals surface area contributed by atoms with Crippen molar-refractivity contribution < 1.29 is 0 Å². The number of aryl methyl sites for hydroxylation is 2. The van der Waals surface area contributed by atoms with E-state index in [-0.39, 0.29) is 5.56 Å². The summed E-state index contributed by atoms with van der Waals surface area (Å²) in [5.74, 6) is 0.464. The van der Waals surface area contributed by atoms with E-state index in [0.717, 1.165) is 21.7 Å². The summed E-state index contributed by atoms with van der Waals surface area (Å²) < 4.78 is 1.52. The van der Waals surface area contributed by atoms with Crippen LogP contribution in [0.25, 0.3) is 33.4 Å². The summed E-state index contributed by atoms with van der Waals surface area (Å²) in [6.07, 6.45) is 1.69. The number of rotatable bonds is 3. The van der Waals surface area contributed by atoms with Crippen LogP contribution in [0, 0.1) is 6.92 Å². The van der Waals surface area contributed by atoms with Crippen LogP contribution in [0.1, 0.15) is 5.01 Å². The Morgan fingerprint density at radius 2 is 2.00 bits per heavy atom. The fourth-order valence-corrected chi connectivity index (χ4v) is 3.85. The molecule has 0 amide bonds. The van der Waals surface area contributed by atoms with Gasteiger partial charge in [0, 0.05) is 52.8 Å². The second kappa shape index (κ2) is 6.75. The highest BCUT2D eigenvalue weighted by molar-refractivity contribution is 7.09. The molecule has 0 aliphatic carbocycles. The quantitative estimate of drug-likeness (QED) is 0.563. The van der Waals surface area contributed by atoms with E-state index >= 15 is 0 Å². The SMILES string of the molecule is CNc1ncc2cc(-c3ccc(-c4csc(C)n4)cc3Cl)c(=O)n(C)c2n1. The standard InChI is InChI=1S/C19H16ClN5OS/c1-10-23-16(9-27-10)11-4-5-13(15(20)7-11)14-6-12-8-22-19(21-2)24-17(12)25(3)18(14)26/h4-9H,1-3H3,(H,21,22,24). The molecular weight excluding hydrogens is 382 g/mol. The number of benzene rings is 1. The molecule has 0 saturated heterocycles. The molecule has 0 atom stereocenters. The molecule has 1 aromatic carbocycles. The number of hydrogen-bond donors (Lipinski definition) is 1. The number of nitrogens with zero attached hydrogens (tertiary/aromatic N) is 4. The van der Waals surface area contributed by atoms with Crippen molar-refractivity contribution in [2.24, 2.45) is 7.05 Å². The molecule has 1 N–H and O–H groups in total. The van der Waals surface area contributed by atoms with Gasteiger partial charge in [0.15, 0.2) is 0 Å².